The molecule has 1 atom stereocenters. The molecule has 0 saturated carbocycles. The minimum Gasteiger partial charge on any atom is -0.314 e. The van der Waals surface area contributed by atoms with Crippen molar-refractivity contribution >= 4 is 15.9 Å². The highest BCUT2D eigenvalue weighted by atomic mass is 79.9. The monoisotopic (exact) mass is 163 g/mol. The summed E-state index contributed by atoms with van der Waals surface area (Å²) in [4.78, 5) is 0. The summed E-state index contributed by atoms with van der Waals surface area (Å²) in [5, 5.41) is 4.46. The van der Waals surface area contributed by atoms with E-state index in [-0.39, 0.29) is 0 Å². The van der Waals surface area contributed by atoms with Crippen molar-refractivity contribution in [1.82, 2.24) is 5.32 Å². The lowest BCUT2D eigenvalue weighted by Crippen LogP contribution is -2.42. The van der Waals surface area contributed by atoms with E-state index < -0.39 is 0 Å². The lowest BCUT2D eigenvalue weighted by molar-refractivity contribution is 0.365. The molecular weight excluding hydrogens is 154 g/mol. The maximum absolute atomic E-state index is 3.38. The van der Waals surface area contributed by atoms with Crippen LogP contribution in [0.25, 0.3) is 0 Å². The molecule has 0 amide bonds. The first kappa shape index (κ1) is 5.57. The fourth-order valence-corrected chi connectivity index (χ4v) is 1.28. The van der Waals surface area contributed by atoms with Crippen LogP contribution in [0.2, 0.25) is 0 Å². The van der Waals surface area contributed by atoms with Gasteiger partial charge < -0.3 is 5.32 Å². The number of hydrogen-bond donors (Lipinski definition) is 1. The zero-order valence-corrected chi connectivity index (χ0v) is 5.87. The second-order valence-electron chi connectivity index (χ2n) is 1.92. The maximum atomic E-state index is 3.38. The molecule has 0 radical (unpaired) electrons. The summed E-state index contributed by atoms with van der Waals surface area (Å²) in [5.74, 6) is 0. The van der Waals surface area contributed by atoms with Gasteiger partial charge in [0.15, 0.2) is 0 Å². The third kappa shape index (κ3) is 1.42. The standard InChI is InChI=1S/C5H10BrN/c6-3-1-5-2-4-7-5/h5,7H,1-4H2. The van der Waals surface area contributed by atoms with Gasteiger partial charge in [-0.25, -0.2) is 0 Å². The highest BCUT2D eigenvalue weighted by Gasteiger charge is 2.13. The van der Waals surface area contributed by atoms with Crippen molar-refractivity contribution in [3.63, 3.8) is 0 Å². The van der Waals surface area contributed by atoms with Crippen LogP contribution in [0.4, 0.5) is 0 Å². The molecule has 0 spiro atoms. The molecule has 1 aliphatic heterocycles. The van der Waals surface area contributed by atoms with Crippen molar-refractivity contribution < 1.29 is 0 Å². The molecule has 1 heterocycles. The highest BCUT2D eigenvalue weighted by Crippen LogP contribution is 2.06. The molecular formula is C5H10BrN. The smallest absolute Gasteiger partial charge is 0.00871 e. The fourth-order valence-electron chi connectivity index (χ4n) is 0.727. The van der Waals surface area contributed by atoms with Crippen molar-refractivity contribution in [2.24, 2.45) is 0 Å². The quantitative estimate of drug-likeness (QED) is 0.603. The van der Waals surface area contributed by atoms with E-state index in [1.807, 2.05) is 0 Å². The Balaban J connectivity index is 1.93. The SMILES string of the molecule is BrCCC1CCN1. The van der Waals surface area contributed by atoms with E-state index in [9.17, 15) is 0 Å². The molecule has 1 saturated heterocycles. The van der Waals surface area contributed by atoms with Crippen LogP contribution < -0.4 is 5.32 Å². The van der Waals surface area contributed by atoms with Gasteiger partial charge in [-0.2, -0.15) is 0 Å². The summed E-state index contributed by atoms with van der Waals surface area (Å²) in [6, 6.07) is 0.833. The summed E-state index contributed by atoms with van der Waals surface area (Å²) >= 11 is 3.38. The van der Waals surface area contributed by atoms with Gasteiger partial charge in [0.05, 0.1) is 0 Å². The number of hydrogen-bond acceptors (Lipinski definition) is 1. The molecule has 0 aromatic rings. The molecule has 1 nitrogen and oxygen atoms in total. The predicted octanol–water partition coefficient (Wildman–Crippen LogP) is 1.13. The molecule has 1 fully saturated rings. The van der Waals surface area contributed by atoms with Crippen molar-refractivity contribution in [2.45, 2.75) is 18.9 Å². The maximum Gasteiger partial charge on any atom is 0.00871 e. The van der Waals surface area contributed by atoms with Gasteiger partial charge in [-0.1, -0.05) is 15.9 Å². The number of nitrogens with one attached hydrogen (secondary N) is 1. The van der Waals surface area contributed by atoms with Crippen LogP contribution in [0, 0.1) is 0 Å². The van der Waals surface area contributed by atoms with Gasteiger partial charge in [0.1, 0.15) is 0 Å². The molecule has 7 heavy (non-hydrogen) atoms. The molecule has 1 aliphatic rings. The Kier molecular flexibility index (Phi) is 2.13. The summed E-state index contributed by atoms with van der Waals surface area (Å²) < 4.78 is 0. The van der Waals surface area contributed by atoms with E-state index >= 15 is 0 Å². The van der Waals surface area contributed by atoms with E-state index in [1.165, 1.54) is 19.4 Å². The number of alkyl halides is 1. The average Bonchev–Trinajstić information content (AvgIpc) is 1.55. The Hall–Kier alpha value is 0.440. The first-order chi connectivity index (χ1) is 3.43. The van der Waals surface area contributed by atoms with E-state index in [0.29, 0.717) is 0 Å². The fraction of sp³-hybridized carbons (Fsp3) is 1.00. The summed E-state index contributed by atoms with van der Waals surface area (Å²) in [5.41, 5.74) is 0. The predicted molar refractivity (Wildman–Crippen MR) is 34.8 cm³/mol. The van der Waals surface area contributed by atoms with E-state index in [4.69, 9.17) is 0 Å². The van der Waals surface area contributed by atoms with Crippen LogP contribution in [-0.2, 0) is 0 Å². The van der Waals surface area contributed by atoms with Crippen molar-refractivity contribution in [2.75, 3.05) is 11.9 Å². The molecule has 1 N–H and O–H groups in total. The second-order valence-corrected chi connectivity index (χ2v) is 2.71. The first-order valence-corrected chi connectivity index (χ1v) is 3.85. The molecule has 0 aliphatic carbocycles. The van der Waals surface area contributed by atoms with Gasteiger partial charge in [-0.05, 0) is 19.4 Å². The molecule has 1 unspecified atom stereocenters. The third-order valence-electron chi connectivity index (χ3n) is 1.38. The van der Waals surface area contributed by atoms with Crippen molar-refractivity contribution in [3.8, 4) is 0 Å². The van der Waals surface area contributed by atoms with E-state index in [2.05, 4.69) is 21.2 Å². The van der Waals surface area contributed by atoms with E-state index in [1.54, 1.807) is 0 Å². The van der Waals surface area contributed by atoms with Crippen LogP contribution in [0.5, 0.6) is 0 Å². The zero-order chi connectivity index (χ0) is 5.11. The minimum atomic E-state index is 0.833. The normalized spacial score (nSPS) is 29.6. The molecule has 42 valence electrons. The van der Waals surface area contributed by atoms with Crippen LogP contribution in [0.15, 0.2) is 0 Å². The average molecular weight is 164 g/mol. The van der Waals surface area contributed by atoms with Gasteiger partial charge in [-0.3, -0.25) is 0 Å². The Bertz CT molecular complexity index is 52.0. The highest BCUT2D eigenvalue weighted by molar-refractivity contribution is 9.09. The Morgan fingerprint density at radius 1 is 1.71 bits per heavy atom. The van der Waals surface area contributed by atoms with Crippen molar-refractivity contribution in [1.29, 1.82) is 0 Å². The first-order valence-electron chi connectivity index (χ1n) is 2.73. The lowest BCUT2D eigenvalue weighted by atomic mass is 10.1. The molecule has 0 aromatic heterocycles. The molecule has 2 heteroatoms. The van der Waals surface area contributed by atoms with Gasteiger partial charge in [-0.15, -0.1) is 0 Å². The van der Waals surface area contributed by atoms with Gasteiger partial charge in [0.25, 0.3) is 0 Å². The van der Waals surface area contributed by atoms with E-state index in [0.717, 1.165) is 11.4 Å². The number of halogens is 1. The lowest BCUT2D eigenvalue weighted by Gasteiger charge is -2.26. The summed E-state index contributed by atoms with van der Waals surface area (Å²) in [7, 11) is 0. The Labute approximate surface area is 52.6 Å². The van der Waals surface area contributed by atoms with Crippen LogP contribution in [-0.4, -0.2) is 17.9 Å². The Morgan fingerprint density at radius 2 is 2.43 bits per heavy atom. The minimum absolute atomic E-state index is 0.833. The topological polar surface area (TPSA) is 12.0 Å². The van der Waals surface area contributed by atoms with Gasteiger partial charge >= 0.3 is 0 Å². The van der Waals surface area contributed by atoms with Crippen LogP contribution in [0.1, 0.15) is 12.8 Å². The third-order valence-corrected chi connectivity index (χ3v) is 1.84. The zero-order valence-electron chi connectivity index (χ0n) is 4.28. The molecule has 0 aromatic carbocycles. The van der Waals surface area contributed by atoms with Crippen LogP contribution >= 0.6 is 15.9 Å². The van der Waals surface area contributed by atoms with Crippen molar-refractivity contribution in [3.05, 3.63) is 0 Å². The summed E-state index contributed by atoms with van der Waals surface area (Å²) in [6.45, 7) is 1.23. The second kappa shape index (κ2) is 2.68. The molecule has 1 rings (SSSR count). The van der Waals surface area contributed by atoms with Gasteiger partial charge in [0, 0.05) is 11.4 Å². The number of rotatable bonds is 2. The van der Waals surface area contributed by atoms with Gasteiger partial charge in [0.2, 0.25) is 0 Å². The summed E-state index contributed by atoms with van der Waals surface area (Å²) in [6.07, 6.45) is 2.67. The largest absolute Gasteiger partial charge is 0.314 e. The van der Waals surface area contributed by atoms with Crippen LogP contribution in [0.3, 0.4) is 0 Å². The Morgan fingerprint density at radius 3 is 2.57 bits per heavy atom. The molecule has 0 bridgehead atoms.